The second-order valence-corrected chi connectivity index (χ2v) is 4.70. The molecule has 0 saturated heterocycles. The molecule has 3 nitrogen and oxygen atoms in total. The maximum Gasteiger partial charge on any atom is 0.118 e. The van der Waals surface area contributed by atoms with Crippen LogP contribution in [0, 0.1) is 6.92 Å². The number of aryl methyl sites for hydroxylation is 1. The van der Waals surface area contributed by atoms with Gasteiger partial charge in [0.25, 0.3) is 0 Å². The molecular weight excluding hydrogens is 210 g/mol. The van der Waals surface area contributed by atoms with E-state index in [1.165, 1.54) is 0 Å². The number of furan rings is 1. The van der Waals surface area contributed by atoms with E-state index in [-0.39, 0.29) is 5.25 Å². The van der Waals surface area contributed by atoms with Crippen molar-refractivity contribution in [2.75, 3.05) is 26.0 Å². The molecule has 15 heavy (non-hydrogen) atoms. The fourth-order valence-corrected chi connectivity index (χ4v) is 2.32. The van der Waals surface area contributed by atoms with Gasteiger partial charge in [-0.15, -0.1) is 11.8 Å². The Morgan fingerprint density at radius 3 is 2.87 bits per heavy atom. The summed E-state index contributed by atoms with van der Waals surface area (Å²) in [5.41, 5.74) is 5.72. The topological polar surface area (TPSA) is 48.4 Å². The minimum atomic E-state index is 0.274. The lowest BCUT2D eigenvalue weighted by Gasteiger charge is -2.11. The number of nitrogens with two attached hydrogens (primary N) is 1. The van der Waals surface area contributed by atoms with E-state index in [0.29, 0.717) is 6.54 Å². The van der Waals surface area contributed by atoms with E-state index in [1.54, 1.807) is 7.11 Å². The van der Waals surface area contributed by atoms with Crippen LogP contribution in [0.1, 0.15) is 23.2 Å². The van der Waals surface area contributed by atoms with Gasteiger partial charge in [-0.1, -0.05) is 0 Å². The third-order valence-electron chi connectivity index (χ3n) is 2.10. The van der Waals surface area contributed by atoms with Gasteiger partial charge in [0.1, 0.15) is 11.5 Å². The molecule has 0 aliphatic rings. The van der Waals surface area contributed by atoms with E-state index in [0.717, 1.165) is 30.3 Å². The Morgan fingerprint density at radius 1 is 1.53 bits per heavy atom. The predicted molar refractivity (Wildman–Crippen MR) is 64.2 cm³/mol. The quantitative estimate of drug-likeness (QED) is 0.729. The SMILES string of the molecule is COCCCSC(CN)c1ccc(C)o1. The van der Waals surface area contributed by atoms with E-state index in [4.69, 9.17) is 14.9 Å². The van der Waals surface area contributed by atoms with Crippen molar-refractivity contribution in [3.63, 3.8) is 0 Å². The molecule has 0 bridgehead atoms. The largest absolute Gasteiger partial charge is 0.465 e. The fourth-order valence-electron chi connectivity index (χ4n) is 1.32. The van der Waals surface area contributed by atoms with Gasteiger partial charge >= 0.3 is 0 Å². The van der Waals surface area contributed by atoms with Crippen molar-refractivity contribution in [3.8, 4) is 0 Å². The van der Waals surface area contributed by atoms with Gasteiger partial charge in [0.2, 0.25) is 0 Å². The van der Waals surface area contributed by atoms with Crippen molar-refractivity contribution in [2.45, 2.75) is 18.6 Å². The smallest absolute Gasteiger partial charge is 0.118 e. The first-order chi connectivity index (χ1) is 7.27. The molecule has 0 aliphatic heterocycles. The fraction of sp³-hybridized carbons (Fsp3) is 0.636. The molecule has 0 radical (unpaired) electrons. The van der Waals surface area contributed by atoms with E-state index in [1.807, 2.05) is 30.8 Å². The number of ether oxygens (including phenoxy) is 1. The highest BCUT2D eigenvalue weighted by molar-refractivity contribution is 7.99. The molecule has 0 aromatic carbocycles. The first-order valence-corrected chi connectivity index (χ1v) is 6.19. The van der Waals surface area contributed by atoms with Gasteiger partial charge in [0.05, 0.1) is 5.25 Å². The molecule has 1 aromatic rings. The lowest BCUT2D eigenvalue weighted by Crippen LogP contribution is -2.09. The monoisotopic (exact) mass is 229 g/mol. The Morgan fingerprint density at radius 2 is 2.33 bits per heavy atom. The summed E-state index contributed by atoms with van der Waals surface area (Å²) < 4.78 is 10.6. The van der Waals surface area contributed by atoms with Crippen LogP contribution in [0.3, 0.4) is 0 Å². The van der Waals surface area contributed by atoms with Crippen molar-refractivity contribution >= 4 is 11.8 Å². The molecule has 1 heterocycles. The zero-order valence-electron chi connectivity index (χ0n) is 9.36. The number of rotatable bonds is 7. The Bertz CT molecular complexity index is 275. The Labute approximate surface area is 95.4 Å². The van der Waals surface area contributed by atoms with Crippen LogP contribution in [0.15, 0.2) is 16.5 Å². The van der Waals surface area contributed by atoms with Crippen LogP contribution >= 0.6 is 11.8 Å². The summed E-state index contributed by atoms with van der Waals surface area (Å²) in [7, 11) is 1.72. The standard InChI is InChI=1S/C11H19NO2S/c1-9-4-5-10(14-9)11(8-12)15-7-3-6-13-2/h4-5,11H,3,6-8,12H2,1-2H3. The van der Waals surface area contributed by atoms with Crippen LogP contribution in [0.25, 0.3) is 0 Å². The van der Waals surface area contributed by atoms with Gasteiger partial charge in [-0.3, -0.25) is 0 Å². The maximum absolute atomic E-state index is 5.72. The van der Waals surface area contributed by atoms with Gasteiger partial charge in [-0.05, 0) is 31.2 Å². The van der Waals surface area contributed by atoms with Gasteiger partial charge in [-0.2, -0.15) is 0 Å². The average Bonchev–Trinajstić information content (AvgIpc) is 2.65. The molecule has 4 heteroatoms. The first kappa shape index (κ1) is 12.6. The van der Waals surface area contributed by atoms with E-state index in [2.05, 4.69) is 0 Å². The van der Waals surface area contributed by atoms with Crippen molar-refractivity contribution < 1.29 is 9.15 Å². The second kappa shape index (κ2) is 6.93. The van der Waals surface area contributed by atoms with Crippen LogP contribution in [-0.2, 0) is 4.74 Å². The van der Waals surface area contributed by atoms with Crippen LogP contribution in [0.5, 0.6) is 0 Å². The molecule has 0 spiro atoms. The maximum atomic E-state index is 5.72. The zero-order valence-corrected chi connectivity index (χ0v) is 10.2. The van der Waals surface area contributed by atoms with Crippen LogP contribution < -0.4 is 5.73 Å². The minimum absolute atomic E-state index is 0.274. The highest BCUT2D eigenvalue weighted by Crippen LogP contribution is 2.29. The highest BCUT2D eigenvalue weighted by Gasteiger charge is 2.13. The lowest BCUT2D eigenvalue weighted by atomic mass is 10.3. The molecule has 0 aliphatic carbocycles. The third kappa shape index (κ3) is 4.28. The molecular formula is C11H19NO2S. The highest BCUT2D eigenvalue weighted by atomic mass is 32.2. The summed E-state index contributed by atoms with van der Waals surface area (Å²) in [5, 5.41) is 0.274. The lowest BCUT2D eigenvalue weighted by molar-refractivity contribution is 0.200. The molecule has 1 unspecified atom stereocenters. The van der Waals surface area contributed by atoms with Gasteiger partial charge in [-0.25, -0.2) is 0 Å². The summed E-state index contributed by atoms with van der Waals surface area (Å²) in [6, 6.07) is 3.99. The Kier molecular flexibility index (Phi) is 5.83. The average molecular weight is 229 g/mol. The minimum Gasteiger partial charge on any atom is -0.465 e. The molecule has 2 N–H and O–H groups in total. The van der Waals surface area contributed by atoms with Crippen molar-refractivity contribution in [1.29, 1.82) is 0 Å². The van der Waals surface area contributed by atoms with Crippen LogP contribution in [0.4, 0.5) is 0 Å². The zero-order chi connectivity index (χ0) is 11.1. The van der Waals surface area contributed by atoms with Crippen LogP contribution in [-0.4, -0.2) is 26.0 Å². The van der Waals surface area contributed by atoms with Crippen molar-refractivity contribution in [1.82, 2.24) is 0 Å². The predicted octanol–water partition coefficient (Wildman–Crippen LogP) is 2.36. The third-order valence-corrected chi connectivity index (χ3v) is 3.46. The van der Waals surface area contributed by atoms with Gasteiger partial charge < -0.3 is 14.9 Å². The Balaban J connectivity index is 2.35. The summed E-state index contributed by atoms with van der Waals surface area (Å²) in [4.78, 5) is 0. The molecule has 0 saturated carbocycles. The molecule has 1 rings (SSSR count). The Hall–Kier alpha value is -0.450. The number of methoxy groups -OCH3 is 1. The number of hydrogen-bond acceptors (Lipinski definition) is 4. The summed E-state index contributed by atoms with van der Waals surface area (Å²) in [6.07, 6.45) is 1.05. The summed E-state index contributed by atoms with van der Waals surface area (Å²) in [5.74, 6) is 2.98. The van der Waals surface area contributed by atoms with Crippen molar-refractivity contribution in [2.24, 2.45) is 5.73 Å². The second-order valence-electron chi connectivity index (χ2n) is 3.39. The van der Waals surface area contributed by atoms with E-state index >= 15 is 0 Å². The summed E-state index contributed by atoms with van der Waals surface area (Å²) >= 11 is 1.83. The number of hydrogen-bond donors (Lipinski definition) is 1. The molecule has 1 atom stereocenters. The van der Waals surface area contributed by atoms with Gasteiger partial charge in [0.15, 0.2) is 0 Å². The van der Waals surface area contributed by atoms with E-state index < -0.39 is 0 Å². The van der Waals surface area contributed by atoms with Crippen LogP contribution in [0.2, 0.25) is 0 Å². The van der Waals surface area contributed by atoms with Crippen molar-refractivity contribution in [3.05, 3.63) is 23.7 Å². The summed E-state index contributed by atoms with van der Waals surface area (Å²) in [6.45, 7) is 3.37. The molecule has 86 valence electrons. The van der Waals surface area contributed by atoms with Gasteiger partial charge in [0, 0.05) is 20.3 Å². The molecule has 1 aromatic heterocycles. The first-order valence-electron chi connectivity index (χ1n) is 5.15. The normalized spacial score (nSPS) is 13.0. The van der Waals surface area contributed by atoms with E-state index in [9.17, 15) is 0 Å². The molecule has 0 fully saturated rings. The number of thioether (sulfide) groups is 1. The molecule has 0 amide bonds.